The summed E-state index contributed by atoms with van der Waals surface area (Å²) >= 11 is 8.85. The van der Waals surface area contributed by atoms with Gasteiger partial charge in [-0.2, -0.15) is 0 Å². The molecule has 1 aliphatic rings. The van der Waals surface area contributed by atoms with Gasteiger partial charge in [-0.25, -0.2) is 4.98 Å². The van der Waals surface area contributed by atoms with Crippen LogP contribution < -0.4 is 4.90 Å². The zero-order valence-electron chi connectivity index (χ0n) is 13.1. The summed E-state index contributed by atoms with van der Waals surface area (Å²) in [5, 5.41) is 14.8. The van der Waals surface area contributed by atoms with E-state index in [1.165, 1.54) is 27.6 Å². The number of carbonyl (C=O) groups excluding carboxylic acids is 2. The standard InChI is InChI=1S/C18H11ClN2O3S2/c19-11-5-2-1-4-10(11)14-13(15(22)12-6-3-8-25-12)16(23)17(24)21(14)18-20-7-9-26-18/h1-9,14,23H/t14-/m0/s1. The van der Waals surface area contributed by atoms with Crippen molar-refractivity contribution in [3.63, 3.8) is 0 Å². The molecule has 0 bridgehead atoms. The lowest BCUT2D eigenvalue weighted by molar-refractivity contribution is -0.117. The minimum atomic E-state index is -0.836. The van der Waals surface area contributed by atoms with Gasteiger partial charge in [0.25, 0.3) is 5.91 Å². The fraction of sp³-hybridized carbons (Fsp3) is 0.0556. The second-order valence-corrected chi connectivity index (χ2v) is 7.71. The summed E-state index contributed by atoms with van der Waals surface area (Å²) in [6.07, 6.45) is 1.56. The highest BCUT2D eigenvalue weighted by atomic mass is 35.5. The molecular weight excluding hydrogens is 392 g/mol. The van der Waals surface area contributed by atoms with Crippen LogP contribution in [0.3, 0.4) is 0 Å². The third-order valence-electron chi connectivity index (χ3n) is 4.02. The van der Waals surface area contributed by atoms with Gasteiger partial charge in [0, 0.05) is 16.6 Å². The molecule has 1 atom stereocenters. The third kappa shape index (κ3) is 2.65. The maximum Gasteiger partial charge on any atom is 0.296 e. The van der Waals surface area contributed by atoms with Crippen molar-refractivity contribution in [1.82, 2.24) is 4.98 Å². The fourth-order valence-electron chi connectivity index (χ4n) is 2.90. The summed E-state index contributed by atoms with van der Waals surface area (Å²) in [7, 11) is 0. The number of nitrogens with zero attached hydrogens (tertiary/aromatic N) is 2. The lowest BCUT2D eigenvalue weighted by Crippen LogP contribution is -2.31. The van der Waals surface area contributed by atoms with Gasteiger partial charge in [0.05, 0.1) is 16.5 Å². The van der Waals surface area contributed by atoms with Crippen molar-refractivity contribution in [1.29, 1.82) is 0 Å². The Kier molecular flexibility index (Phi) is 4.36. The highest BCUT2D eigenvalue weighted by Crippen LogP contribution is 2.44. The van der Waals surface area contributed by atoms with Gasteiger partial charge in [-0.15, -0.1) is 22.7 Å². The largest absolute Gasteiger partial charge is 0.503 e. The number of hydrogen-bond donors (Lipinski definition) is 1. The molecule has 8 heteroatoms. The van der Waals surface area contributed by atoms with E-state index in [-0.39, 0.29) is 5.57 Å². The molecule has 3 heterocycles. The van der Waals surface area contributed by atoms with E-state index in [1.807, 2.05) is 0 Å². The van der Waals surface area contributed by atoms with E-state index in [1.54, 1.807) is 53.4 Å². The zero-order chi connectivity index (χ0) is 18.3. The molecule has 1 aliphatic heterocycles. The van der Waals surface area contributed by atoms with Crippen LogP contribution in [0.2, 0.25) is 5.02 Å². The van der Waals surface area contributed by atoms with Crippen LogP contribution in [0.1, 0.15) is 21.3 Å². The molecule has 0 fully saturated rings. The van der Waals surface area contributed by atoms with E-state index in [0.29, 0.717) is 20.6 Å². The first-order valence-corrected chi connectivity index (χ1v) is 9.72. The number of ketones is 1. The second kappa shape index (κ2) is 6.68. The zero-order valence-corrected chi connectivity index (χ0v) is 15.5. The lowest BCUT2D eigenvalue weighted by atomic mass is 9.95. The third-order valence-corrected chi connectivity index (χ3v) is 6.01. The lowest BCUT2D eigenvalue weighted by Gasteiger charge is -2.25. The molecule has 26 heavy (non-hydrogen) atoms. The van der Waals surface area contributed by atoms with Crippen LogP contribution in [0, 0.1) is 0 Å². The van der Waals surface area contributed by atoms with Gasteiger partial charge in [-0.3, -0.25) is 14.5 Å². The van der Waals surface area contributed by atoms with Crippen LogP contribution in [0.4, 0.5) is 5.13 Å². The van der Waals surface area contributed by atoms with Crippen molar-refractivity contribution in [2.45, 2.75) is 6.04 Å². The minimum absolute atomic E-state index is 0.0146. The molecule has 0 radical (unpaired) electrons. The van der Waals surface area contributed by atoms with Gasteiger partial charge < -0.3 is 5.11 Å². The summed E-state index contributed by atoms with van der Waals surface area (Å²) < 4.78 is 0. The SMILES string of the molecule is O=C(C1=C(O)C(=O)N(c2nccs2)[C@H]1c1ccccc1Cl)c1cccs1. The maximum absolute atomic E-state index is 13.0. The van der Waals surface area contributed by atoms with Crippen LogP contribution in [0.15, 0.2) is 64.7 Å². The molecule has 130 valence electrons. The molecule has 0 spiro atoms. The first kappa shape index (κ1) is 17.0. The molecule has 0 saturated heterocycles. The van der Waals surface area contributed by atoms with E-state index < -0.39 is 23.5 Å². The summed E-state index contributed by atoms with van der Waals surface area (Å²) in [4.78, 5) is 31.7. The Morgan fingerprint density at radius 2 is 1.96 bits per heavy atom. The summed E-state index contributed by atoms with van der Waals surface area (Å²) in [5.74, 6) is -1.62. The molecule has 1 amide bonds. The normalized spacial score (nSPS) is 17.2. The number of aromatic nitrogens is 1. The molecule has 3 aromatic rings. The first-order valence-electron chi connectivity index (χ1n) is 7.58. The number of aliphatic hydroxyl groups is 1. The molecule has 2 aromatic heterocycles. The Labute approximate surface area is 161 Å². The van der Waals surface area contributed by atoms with Gasteiger partial charge in [-0.1, -0.05) is 35.9 Å². The quantitative estimate of drug-likeness (QED) is 0.645. The van der Waals surface area contributed by atoms with Crippen molar-refractivity contribution in [3.8, 4) is 0 Å². The number of rotatable bonds is 4. The van der Waals surface area contributed by atoms with Gasteiger partial charge in [-0.05, 0) is 23.1 Å². The fourth-order valence-corrected chi connectivity index (χ4v) is 4.48. The number of anilines is 1. The first-order chi connectivity index (χ1) is 12.6. The van der Waals surface area contributed by atoms with Crippen molar-refractivity contribution in [2.24, 2.45) is 0 Å². The van der Waals surface area contributed by atoms with Gasteiger partial charge in [0.2, 0.25) is 5.78 Å². The molecular formula is C18H11ClN2O3S2. The average molecular weight is 403 g/mol. The second-order valence-electron chi connectivity index (χ2n) is 5.48. The van der Waals surface area contributed by atoms with E-state index in [4.69, 9.17) is 11.6 Å². The molecule has 1 N–H and O–H groups in total. The molecule has 0 saturated carbocycles. The van der Waals surface area contributed by atoms with E-state index in [2.05, 4.69) is 4.98 Å². The number of benzene rings is 1. The molecule has 4 rings (SSSR count). The number of amides is 1. The van der Waals surface area contributed by atoms with Crippen molar-refractivity contribution in [2.75, 3.05) is 4.90 Å². The van der Waals surface area contributed by atoms with Gasteiger partial charge >= 0.3 is 0 Å². The monoisotopic (exact) mass is 402 g/mol. The number of aliphatic hydroxyl groups excluding tert-OH is 1. The number of thiophene rings is 1. The smallest absolute Gasteiger partial charge is 0.296 e. The van der Waals surface area contributed by atoms with Crippen molar-refractivity contribution >= 4 is 51.1 Å². The average Bonchev–Trinajstić information content (AvgIpc) is 3.37. The Morgan fingerprint density at radius 1 is 1.15 bits per heavy atom. The Bertz CT molecular complexity index is 1010. The summed E-state index contributed by atoms with van der Waals surface area (Å²) in [6.45, 7) is 0. The predicted octanol–water partition coefficient (Wildman–Crippen LogP) is 4.64. The number of carbonyl (C=O) groups is 2. The van der Waals surface area contributed by atoms with E-state index >= 15 is 0 Å². The maximum atomic E-state index is 13.0. The molecule has 5 nitrogen and oxygen atoms in total. The van der Waals surface area contributed by atoms with Crippen LogP contribution in [0.5, 0.6) is 0 Å². The van der Waals surface area contributed by atoms with E-state index in [0.717, 1.165) is 0 Å². The number of thiazole rings is 1. The molecule has 1 aromatic carbocycles. The van der Waals surface area contributed by atoms with Gasteiger partial charge in [0.15, 0.2) is 10.9 Å². The van der Waals surface area contributed by atoms with Gasteiger partial charge in [0.1, 0.15) is 0 Å². The van der Waals surface area contributed by atoms with E-state index in [9.17, 15) is 14.7 Å². The number of Topliss-reactive ketones (excluding diaryl/α,β-unsaturated/α-hetero) is 1. The van der Waals surface area contributed by atoms with Crippen LogP contribution in [0.25, 0.3) is 0 Å². The summed E-state index contributed by atoms with van der Waals surface area (Å²) in [5.41, 5.74) is 0.572. The molecule has 0 aliphatic carbocycles. The predicted molar refractivity (Wildman–Crippen MR) is 102 cm³/mol. The number of halogens is 1. The van der Waals surface area contributed by atoms with Crippen LogP contribution >= 0.6 is 34.3 Å². The Balaban J connectivity index is 1.91. The highest BCUT2D eigenvalue weighted by molar-refractivity contribution is 7.14. The Morgan fingerprint density at radius 3 is 2.62 bits per heavy atom. The summed E-state index contributed by atoms with van der Waals surface area (Å²) in [6, 6.07) is 9.53. The van der Waals surface area contributed by atoms with Crippen LogP contribution in [-0.2, 0) is 4.79 Å². The number of hydrogen-bond acceptors (Lipinski definition) is 6. The van der Waals surface area contributed by atoms with Crippen molar-refractivity contribution < 1.29 is 14.7 Å². The minimum Gasteiger partial charge on any atom is -0.503 e. The topological polar surface area (TPSA) is 70.5 Å². The van der Waals surface area contributed by atoms with Crippen molar-refractivity contribution in [3.05, 3.63) is 80.2 Å². The van der Waals surface area contributed by atoms with Crippen LogP contribution in [-0.4, -0.2) is 21.8 Å². The Hall–Kier alpha value is -2.48. The molecule has 0 unspecified atom stereocenters. The highest BCUT2D eigenvalue weighted by Gasteiger charge is 2.46.